The summed E-state index contributed by atoms with van der Waals surface area (Å²) in [5.41, 5.74) is 4.36. The average Bonchev–Trinajstić information content (AvgIpc) is 2.78. The molecule has 3 aromatic carbocycles. The lowest BCUT2D eigenvalue weighted by Crippen LogP contribution is -2.20. The van der Waals surface area contributed by atoms with Crippen LogP contribution in [0.25, 0.3) is 0 Å². The quantitative estimate of drug-likeness (QED) is 0.493. The van der Waals surface area contributed by atoms with Crippen molar-refractivity contribution in [2.75, 3.05) is 25.6 Å². The molecule has 0 unspecified atom stereocenters. The van der Waals surface area contributed by atoms with E-state index in [0.717, 1.165) is 36.5 Å². The molecule has 0 saturated carbocycles. The van der Waals surface area contributed by atoms with Gasteiger partial charge in [-0.05, 0) is 67.4 Å². The normalized spacial score (nSPS) is 10.5. The topological polar surface area (TPSA) is 59.6 Å². The van der Waals surface area contributed by atoms with Crippen LogP contribution in [0.4, 0.5) is 5.69 Å². The number of nitrogens with one attached hydrogen (secondary N) is 2. The number of hydrogen-bond acceptors (Lipinski definition) is 4. The molecule has 0 bridgehead atoms. The van der Waals surface area contributed by atoms with Gasteiger partial charge in [0.05, 0.1) is 7.11 Å². The molecular formula is C25H28N2O3. The zero-order chi connectivity index (χ0) is 21.2. The van der Waals surface area contributed by atoms with Crippen LogP contribution in [0.2, 0.25) is 0 Å². The molecule has 156 valence electrons. The molecule has 0 saturated heterocycles. The van der Waals surface area contributed by atoms with Gasteiger partial charge in [0.1, 0.15) is 11.5 Å². The second kappa shape index (κ2) is 11.0. The van der Waals surface area contributed by atoms with Crippen molar-refractivity contribution in [2.45, 2.75) is 19.9 Å². The van der Waals surface area contributed by atoms with Gasteiger partial charge in [0, 0.05) is 12.2 Å². The molecule has 1 amide bonds. The molecule has 0 spiro atoms. The summed E-state index contributed by atoms with van der Waals surface area (Å²) in [5.74, 6) is 1.38. The van der Waals surface area contributed by atoms with Gasteiger partial charge in [0.25, 0.3) is 5.91 Å². The fourth-order valence-corrected chi connectivity index (χ4v) is 2.94. The van der Waals surface area contributed by atoms with Crippen LogP contribution in [0.3, 0.4) is 0 Å². The maximum atomic E-state index is 12.0. The number of carbonyl (C=O) groups is 1. The highest BCUT2D eigenvalue weighted by molar-refractivity contribution is 5.91. The molecule has 0 aliphatic carbocycles. The van der Waals surface area contributed by atoms with E-state index in [4.69, 9.17) is 9.47 Å². The van der Waals surface area contributed by atoms with Crippen LogP contribution in [0.15, 0.2) is 72.8 Å². The van der Waals surface area contributed by atoms with Crippen LogP contribution in [0.5, 0.6) is 11.5 Å². The summed E-state index contributed by atoms with van der Waals surface area (Å²) in [6.07, 6.45) is 0.960. The lowest BCUT2D eigenvalue weighted by atomic mass is 10.1. The van der Waals surface area contributed by atoms with E-state index in [-0.39, 0.29) is 12.5 Å². The fourth-order valence-electron chi connectivity index (χ4n) is 2.94. The van der Waals surface area contributed by atoms with E-state index >= 15 is 0 Å². The Balaban J connectivity index is 1.35. The summed E-state index contributed by atoms with van der Waals surface area (Å²) in [7, 11) is 1.67. The van der Waals surface area contributed by atoms with Crippen LogP contribution in [-0.2, 0) is 17.8 Å². The first-order valence-corrected chi connectivity index (χ1v) is 10.0. The Morgan fingerprint density at radius 1 is 0.833 bits per heavy atom. The number of hydrogen-bond donors (Lipinski definition) is 2. The molecule has 0 aliphatic rings. The van der Waals surface area contributed by atoms with Crippen LogP contribution in [0, 0.1) is 6.92 Å². The van der Waals surface area contributed by atoms with Crippen molar-refractivity contribution in [1.29, 1.82) is 0 Å². The Morgan fingerprint density at radius 2 is 1.47 bits per heavy atom. The second-order valence-electron chi connectivity index (χ2n) is 7.12. The molecule has 0 aliphatic heterocycles. The van der Waals surface area contributed by atoms with Gasteiger partial charge in [-0.2, -0.15) is 0 Å². The number of amides is 1. The molecule has 0 radical (unpaired) electrons. The number of aryl methyl sites for hydroxylation is 1. The Kier molecular flexibility index (Phi) is 7.86. The van der Waals surface area contributed by atoms with Gasteiger partial charge in [0.15, 0.2) is 6.61 Å². The van der Waals surface area contributed by atoms with Crippen molar-refractivity contribution >= 4 is 11.6 Å². The van der Waals surface area contributed by atoms with Crippen molar-refractivity contribution in [2.24, 2.45) is 0 Å². The summed E-state index contributed by atoms with van der Waals surface area (Å²) in [6.45, 7) is 3.66. The highest BCUT2D eigenvalue weighted by Crippen LogP contribution is 2.14. The van der Waals surface area contributed by atoms with Crippen molar-refractivity contribution in [1.82, 2.24) is 5.32 Å². The summed E-state index contributed by atoms with van der Waals surface area (Å²) >= 11 is 0. The third kappa shape index (κ3) is 6.94. The van der Waals surface area contributed by atoms with Gasteiger partial charge in [-0.1, -0.05) is 42.0 Å². The molecule has 30 heavy (non-hydrogen) atoms. The van der Waals surface area contributed by atoms with E-state index in [0.29, 0.717) is 5.75 Å². The summed E-state index contributed by atoms with van der Waals surface area (Å²) in [6, 6.07) is 23.6. The smallest absolute Gasteiger partial charge is 0.262 e. The fraction of sp³-hybridized carbons (Fsp3) is 0.240. The van der Waals surface area contributed by atoms with E-state index in [1.165, 1.54) is 11.1 Å². The minimum absolute atomic E-state index is 0.0205. The molecule has 5 nitrogen and oxygen atoms in total. The summed E-state index contributed by atoms with van der Waals surface area (Å²) < 4.78 is 10.8. The van der Waals surface area contributed by atoms with Gasteiger partial charge in [-0.15, -0.1) is 0 Å². The van der Waals surface area contributed by atoms with Crippen LogP contribution < -0.4 is 20.1 Å². The van der Waals surface area contributed by atoms with Gasteiger partial charge >= 0.3 is 0 Å². The van der Waals surface area contributed by atoms with Gasteiger partial charge in [-0.25, -0.2) is 0 Å². The van der Waals surface area contributed by atoms with Crippen LogP contribution >= 0.6 is 0 Å². The van der Waals surface area contributed by atoms with Gasteiger partial charge < -0.3 is 20.1 Å². The summed E-state index contributed by atoms with van der Waals surface area (Å²) in [5, 5.41) is 6.27. The predicted octanol–water partition coefficient (Wildman–Crippen LogP) is 4.35. The van der Waals surface area contributed by atoms with E-state index in [1.54, 1.807) is 7.11 Å². The molecule has 0 aromatic heterocycles. The number of carbonyl (C=O) groups excluding carboxylic acids is 1. The first-order valence-electron chi connectivity index (χ1n) is 10.0. The number of methoxy groups -OCH3 is 1. The van der Waals surface area contributed by atoms with Crippen molar-refractivity contribution in [3.8, 4) is 11.5 Å². The van der Waals surface area contributed by atoms with Crippen LogP contribution in [0.1, 0.15) is 16.7 Å². The second-order valence-corrected chi connectivity index (χ2v) is 7.12. The SMILES string of the molecule is COc1ccc(CCNCc2ccc(OCC(=O)Nc3ccc(C)cc3)cc2)cc1. The third-order valence-corrected chi connectivity index (χ3v) is 4.71. The lowest BCUT2D eigenvalue weighted by Gasteiger charge is -2.09. The lowest BCUT2D eigenvalue weighted by molar-refractivity contribution is -0.118. The average molecular weight is 405 g/mol. The first-order chi connectivity index (χ1) is 14.6. The van der Waals surface area contributed by atoms with Crippen molar-refractivity contribution < 1.29 is 14.3 Å². The Bertz CT molecular complexity index is 920. The molecule has 0 atom stereocenters. The minimum Gasteiger partial charge on any atom is -0.497 e. The largest absolute Gasteiger partial charge is 0.497 e. The first kappa shape index (κ1) is 21.4. The number of anilines is 1. The van der Waals surface area contributed by atoms with E-state index in [1.807, 2.05) is 67.6 Å². The highest BCUT2D eigenvalue weighted by Gasteiger charge is 2.04. The summed E-state index contributed by atoms with van der Waals surface area (Å²) in [4.78, 5) is 12.0. The Hall–Kier alpha value is -3.31. The zero-order valence-electron chi connectivity index (χ0n) is 17.5. The minimum atomic E-state index is -0.178. The molecular weight excluding hydrogens is 376 g/mol. The molecule has 3 aromatic rings. The number of ether oxygens (including phenoxy) is 2. The van der Waals surface area contributed by atoms with Gasteiger partial charge in [0.2, 0.25) is 0 Å². The van der Waals surface area contributed by atoms with Crippen molar-refractivity contribution in [3.63, 3.8) is 0 Å². The molecule has 0 heterocycles. The highest BCUT2D eigenvalue weighted by atomic mass is 16.5. The maximum Gasteiger partial charge on any atom is 0.262 e. The Labute approximate surface area is 178 Å². The molecule has 2 N–H and O–H groups in total. The number of benzene rings is 3. The van der Waals surface area contributed by atoms with Crippen LogP contribution in [-0.4, -0.2) is 26.2 Å². The van der Waals surface area contributed by atoms with E-state index < -0.39 is 0 Å². The number of rotatable bonds is 10. The molecule has 5 heteroatoms. The molecule has 0 fully saturated rings. The third-order valence-electron chi connectivity index (χ3n) is 4.71. The molecule has 3 rings (SSSR count). The van der Waals surface area contributed by atoms with Crippen molar-refractivity contribution in [3.05, 3.63) is 89.5 Å². The zero-order valence-corrected chi connectivity index (χ0v) is 17.5. The van der Waals surface area contributed by atoms with E-state index in [2.05, 4.69) is 22.8 Å². The van der Waals surface area contributed by atoms with E-state index in [9.17, 15) is 4.79 Å². The standard InChI is InChI=1S/C25H28N2O3/c1-19-3-9-22(10-4-19)27-25(28)18-30-24-13-7-21(8-14-24)17-26-16-15-20-5-11-23(29-2)12-6-20/h3-14,26H,15-18H2,1-2H3,(H,27,28). The predicted molar refractivity (Wildman–Crippen MR) is 120 cm³/mol. The Morgan fingerprint density at radius 3 is 2.13 bits per heavy atom. The monoisotopic (exact) mass is 404 g/mol. The van der Waals surface area contributed by atoms with Gasteiger partial charge in [-0.3, -0.25) is 4.79 Å². The maximum absolute atomic E-state index is 12.0.